The molecule has 2 heterocycles. The summed E-state index contributed by atoms with van der Waals surface area (Å²) in [5.74, 6) is -1.09. The lowest BCUT2D eigenvalue weighted by Gasteiger charge is -2.23. The van der Waals surface area contributed by atoms with Gasteiger partial charge < -0.3 is 10.5 Å². The molecule has 1 unspecified atom stereocenters. The van der Waals surface area contributed by atoms with E-state index in [1.165, 1.54) is 11.7 Å². The molecule has 1 aliphatic rings. The first-order chi connectivity index (χ1) is 15.4. The summed E-state index contributed by atoms with van der Waals surface area (Å²) in [6, 6.07) is 15.9. The van der Waals surface area contributed by atoms with E-state index >= 15 is 0 Å². The fourth-order valence-corrected chi connectivity index (χ4v) is 5.29. The molecule has 0 saturated carbocycles. The van der Waals surface area contributed by atoms with E-state index in [2.05, 4.69) is 0 Å². The van der Waals surface area contributed by atoms with Gasteiger partial charge in [0.25, 0.3) is 0 Å². The number of hydrogen-bond acceptors (Lipinski definition) is 6. The number of benzene rings is 2. The Bertz CT molecular complexity index is 1440. The Labute approximate surface area is 197 Å². The summed E-state index contributed by atoms with van der Waals surface area (Å²) in [7, 11) is 1.25. The van der Waals surface area contributed by atoms with Crippen molar-refractivity contribution >= 4 is 63.5 Å². The average molecular weight is 484 g/mol. The molecule has 32 heavy (non-hydrogen) atoms. The second-order valence-electron chi connectivity index (χ2n) is 6.82. The van der Waals surface area contributed by atoms with Crippen molar-refractivity contribution in [3.8, 4) is 6.07 Å². The predicted octanol–water partition coefficient (Wildman–Crippen LogP) is 3.49. The van der Waals surface area contributed by atoms with Gasteiger partial charge in [-0.2, -0.15) is 5.26 Å². The first-order valence-corrected chi connectivity index (χ1v) is 11.0. The molecule has 2 aromatic carbocycles. The maximum atomic E-state index is 13.6. The van der Waals surface area contributed by atoms with Gasteiger partial charge in [0.2, 0.25) is 5.91 Å². The van der Waals surface area contributed by atoms with Crippen molar-refractivity contribution in [2.45, 2.75) is 5.25 Å². The van der Waals surface area contributed by atoms with Gasteiger partial charge in [-0.25, -0.2) is 4.79 Å². The number of halogens is 2. The summed E-state index contributed by atoms with van der Waals surface area (Å²) in [6.07, 6.45) is 1.65. The van der Waals surface area contributed by atoms with Crippen LogP contribution in [0.3, 0.4) is 0 Å². The van der Waals surface area contributed by atoms with Crippen molar-refractivity contribution in [2.24, 2.45) is 0 Å². The molecule has 0 amide bonds. The van der Waals surface area contributed by atoms with Crippen LogP contribution in [0.15, 0.2) is 48.5 Å². The second kappa shape index (κ2) is 8.75. The zero-order chi connectivity index (χ0) is 23.0. The summed E-state index contributed by atoms with van der Waals surface area (Å²) in [5.41, 5.74) is 7.44. The number of esters is 1. The normalized spacial score (nSPS) is 15.9. The highest BCUT2D eigenvalue weighted by molar-refractivity contribution is 8.10. The molecule has 0 fully saturated rings. The van der Waals surface area contributed by atoms with Gasteiger partial charge in [-0.3, -0.25) is 9.36 Å². The summed E-state index contributed by atoms with van der Waals surface area (Å²) < 4.78 is 6.17. The molecule has 2 N–H and O–H groups in total. The van der Waals surface area contributed by atoms with Gasteiger partial charge in [0.15, 0.2) is 5.69 Å². The largest absolute Gasteiger partial charge is 0.465 e. The van der Waals surface area contributed by atoms with E-state index in [1.807, 2.05) is 6.07 Å². The molecule has 1 atom stereocenters. The fraction of sp³-hybridized carbons (Fsp3) is 0.0870. The third-order valence-corrected chi connectivity index (χ3v) is 6.99. The quantitative estimate of drug-likeness (QED) is 0.572. The molecule has 1 aliphatic heterocycles. The molecule has 4 rings (SSSR count). The Kier molecular flexibility index (Phi) is 6.02. The van der Waals surface area contributed by atoms with Crippen LogP contribution >= 0.6 is 35.0 Å². The Balaban J connectivity index is 2.11. The van der Waals surface area contributed by atoms with E-state index in [0.29, 0.717) is 26.4 Å². The summed E-state index contributed by atoms with van der Waals surface area (Å²) >= 11 is 13.6. The lowest BCUT2D eigenvalue weighted by Crippen LogP contribution is -2.42. The molecule has 160 valence electrons. The first kappa shape index (κ1) is 22.0. The number of carbonyl (C=O) groups is 2. The summed E-state index contributed by atoms with van der Waals surface area (Å²) in [4.78, 5) is 26.5. The van der Waals surface area contributed by atoms with Crippen LogP contribution in [0.4, 0.5) is 5.69 Å². The number of fused-ring (bicyclic) bond motifs is 1. The summed E-state index contributed by atoms with van der Waals surface area (Å²) in [6.45, 7) is 0. The molecule has 0 aliphatic carbocycles. The van der Waals surface area contributed by atoms with Crippen LogP contribution in [0.1, 0.15) is 26.9 Å². The monoisotopic (exact) mass is 483 g/mol. The third kappa shape index (κ3) is 3.56. The van der Waals surface area contributed by atoms with Gasteiger partial charge in [-0.15, -0.1) is 0 Å². The number of anilines is 1. The molecule has 0 radical (unpaired) electrons. The van der Waals surface area contributed by atoms with E-state index in [0.717, 1.165) is 11.8 Å². The van der Waals surface area contributed by atoms with E-state index < -0.39 is 17.1 Å². The van der Waals surface area contributed by atoms with Crippen LogP contribution in [0.2, 0.25) is 10.0 Å². The number of rotatable bonds is 3. The lowest BCUT2D eigenvalue weighted by molar-refractivity contribution is -0.133. The van der Waals surface area contributed by atoms with Crippen LogP contribution in [-0.2, 0) is 9.53 Å². The van der Waals surface area contributed by atoms with E-state index in [4.69, 9.17) is 33.7 Å². The highest BCUT2D eigenvalue weighted by Gasteiger charge is 2.37. The zero-order valence-corrected chi connectivity index (χ0v) is 19.0. The van der Waals surface area contributed by atoms with Crippen molar-refractivity contribution in [1.29, 1.82) is 5.26 Å². The van der Waals surface area contributed by atoms with Gasteiger partial charge in [0, 0.05) is 15.3 Å². The second-order valence-corrected chi connectivity index (χ2v) is 8.75. The van der Waals surface area contributed by atoms with Gasteiger partial charge >= 0.3 is 5.97 Å². The van der Waals surface area contributed by atoms with Crippen LogP contribution < -0.4 is 16.3 Å². The topological polar surface area (TPSA) is 98.1 Å². The molecule has 1 aromatic heterocycles. The minimum atomic E-state index is -0.864. The molecule has 0 bridgehead atoms. The van der Waals surface area contributed by atoms with Crippen molar-refractivity contribution < 1.29 is 14.3 Å². The molecular formula is C23H15Cl2N3O3S. The smallest absolute Gasteiger partial charge is 0.346 e. The maximum absolute atomic E-state index is 13.6. The van der Waals surface area contributed by atoms with Gasteiger partial charge in [-0.1, -0.05) is 71.4 Å². The number of methoxy groups -OCH3 is 1. The predicted molar refractivity (Wildman–Crippen MR) is 126 cm³/mol. The van der Waals surface area contributed by atoms with Crippen molar-refractivity contribution in [1.82, 2.24) is 4.57 Å². The van der Waals surface area contributed by atoms with Crippen LogP contribution in [0.5, 0.6) is 0 Å². The van der Waals surface area contributed by atoms with E-state index in [-0.39, 0.29) is 21.6 Å². The van der Waals surface area contributed by atoms with E-state index in [1.54, 1.807) is 54.6 Å². The zero-order valence-electron chi connectivity index (χ0n) is 16.6. The van der Waals surface area contributed by atoms with Crippen molar-refractivity contribution in [3.63, 3.8) is 0 Å². The Morgan fingerprint density at radius 3 is 2.47 bits per heavy atom. The Morgan fingerprint density at radius 1 is 1.19 bits per heavy atom. The average Bonchev–Trinajstić information content (AvgIpc) is 3.07. The Morgan fingerprint density at radius 2 is 1.84 bits per heavy atom. The number of carbonyl (C=O) groups excluding carboxylic acids is 2. The highest BCUT2D eigenvalue weighted by Crippen LogP contribution is 2.41. The van der Waals surface area contributed by atoms with Gasteiger partial charge in [0.05, 0.1) is 18.1 Å². The van der Waals surface area contributed by atoms with Gasteiger partial charge in [0.1, 0.15) is 16.2 Å². The lowest BCUT2D eigenvalue weighted by atomic mass is 10.1. The molecule has 0 spiro atoms. The number of ether oxygens (including phenoxy) is 1. The van der Waals surface area contributed by atoms with Crippen LogP contribution in [0, 0.1) is 11.3 Å². The molecule has 9 heteroatoms. The maximum Gasteiger partial charge on any atom is 0.346 e. The molecular weight excluding hydrogens is 469 g/mol. The van der Waals surface area contributed by atoms with E-state index in [9.17, 15) is 14.9 Å². The number of nitriles is 1. The van der Waals surface area contributed by atoms with Crippen molar-refractivity contribution in [3.05, 3.63) is 86.0 Å². The number of thioether (sulfide) groups is 1. The molecule has 6 nitrogen and oxygen atoms in total. The van der Waals surface area contributed by atoms with Gasteiger partial charge in [-0.05, 0) is 29.3 Å². The Hall–Kier alpha value is -3.18. The SMILES string of the molecule is COC(=O)C1=c2/c(=C/c3ccccc3Cl)c(N)c(C#N)n2C(=O)C(c2ccccc2Cl)S1. The number of nitrogens with two attached hydrogens (primary N) is 1. The first-order valence-electron chi connectivity index (χ1n) is 9.33. The minimum absolute atomic E-state index is 0.0672. The standard InChI is InChI=1S/C23H15Cl2N3O3S/c1-31-23(30)21-19-14(10-12-6-2-4-8-15(12)24)18(27)17(11-26)28(19)22(29)20(32-21)13-7-3-5-9-16(13)25/h2-10,20H,27H2,1H3/b14-10+. The number of hydrogen-bond donors (Lipinski definition) is 1. The van der Waals surface area contributed by atoms with Crippen molar-refractivity contribution in [2.75, 3.05) is 12.8 Å². The number of nitrogens with zero attached hydrogens (tertiary/aromatic N) is 2. The summed E-state index contributed by atoms with van der Waals surface area (Å²) in [5, 5.41) is 10.3. The third-order valence-electron chi connectivity index (χ3n) is 5.01. The van der Waals surface area contributed by atoms with Crippen LogP contribution in [-0.4, -0.2) is 23.6 Å². The van der Waals surface area contributed by atoms with Crippen LogP contribution in [0.25, 0.3) is 11.0 Å². The fourth-order valence-electron chi connectivity index (χ4n) is 3.52. The number of aromatic nitrogens is 1. The number of nitrogen functional groups attached to an aromatic ring is 1. The highest BCUT2D eigenvalue weighted by atomic mass is 35.5. The molecule has 0 saturated heterocycles. The minimum Gasteiger partial charge on any atom is -0.465 e. The molecule has 3 aromatic rings.